The standard InChI is InChI=1S/C13H20ClNO/c1-12(11-14)15(2)9-6-10-16-13-7-4-3-5-8-13/h3-5,7-8,12H,6,9-11H2,1-2H3. The van der Waals surface area contributed by atoms with Gasteiger partial charge in [0.1, 0.15) is 5.75 Å². The number of hydrogen-bond acceptors (Lipinski definition) is 2. The number of benzene rings is 1. The highest BCUT2D eigenvalue weighted by Gasteiger charge is 2.06. The number of para-hydroxylation sites is 1. The van der Waals surface area contributed by atoms with Crippen molar-refractivity contribution in [2.45, 2.75) is 19.4 Å². The molecule has 0 saturated carbocycles. The van der Waals surface area contributed by atoms with Gasteiger partial charge >= 0.3 is 0 Å². The van der Waals surface area contributed by atoms with Gasteiger partial charge in [0.15, 0.2) is 0 Å². The molecule has 0 heterocycles. The summed E-state index contributed by atoms with van der Waals surface area (Å²) in [4.78, 5) is 2.25. The summed E-state index contributed by atoms with van der Waals surface area (Å²) in [5.74, 6) is 1.62. The molecule has 0 aromatic heterocycles. The minimum atomic E-state index is 0.429. The van der Waals surface area contributed by atoms with Gasteiger partial charge in [-0.1, -0.05) is 18.2 Å². The average Bonchev–Trinajstić information content (AvgIpc) is 2.34. The number of halogens is 1. The summed E-state index contributed by atoms with van der Waals surface area (Å²) in [6, 6.07) is 10.3. The Kier molecular flexibility index (Phi) is 6.27. The third-order valence-electron chi connectivity index (χ3n) is 2.64. The van der Waals surface area contributed by atoms with Crippen LogP contribution in [0.15, 0.2) is 30.3 Å². The Morgan fingerprint density at radius 2 is 2.00 bits per heavy atom. The van der Waals surface area contributed by atoms with Gasteiger partial charge in [-0.2, -0.15) is 0 Å². The number of nitrogens with zero attached hydrogens (tertiary/aromatic N) is 1. The van der Waals surface area contributed by atoms with Crippen LogP contribution in [0, 0.1) is 0 Å². The number of hydrogen-bond donors (Lipinski definition) is 0. The van der Waals surface area contributed by atoms with Gasteiger partial charge in [-0.05, 0) is 32.5 Å². The first-order valence-corrected chi connectivity index (χ1v) is 6.21. The molecule has 0 radical (unpaired) electrons. The van der Waals surface area contributed by atoms with Gasteiger partial charge in [-0.3, -0.25) is 0 Å². The van der Waals surface area contributed by atoms with Crippen LogP contribution in [-0.2, 0) is 0 Å². The van der Waals surface area contributed by atoms with E-state index >= 15 is 0 Å². The lowest BCUT2D eigenvalue weighted by Crippen LogP contribution is -2.31. The molecule has 0 N–H and O–H groups in total. The van der Waals surface area contributed by atoms with Crippen LogP contribution in [0.4, 0.5) is 0 Å². The Morgan fingerprint density at radius 1 is 1.31 bits per heavy atom. The first kappa shape index (κ1) is 13.3. The zero-order valence-corrected chi connectivity index (χ0v) is 10.8. The fraction of sp³-hybridized carbons (Fsp3) is 0.538. The lowest BCUT2D eigenvalue weighted by molar-refractivity contribution is 0.235. The molecule has 0 aliphatic rings. The molecule has 90 valence electrons. The van der Waals surface area contributed by atoms with Crippen molar-refractivity contribution in [3.05, 3.63) is 30.3 Å². The SMILES string of the molecule is CC(CCl)N(C)CCCOc1ccccc1. The molecule has 0 aliphatic heterocycles. The van der Waals surface area contributed by atoms with Gasteiger partial charge in [0.05, 0.1) is 6.61 Å². The monoisotopic (exact) mass is 241 g/mol. The van der Waals surface area contributed by atoms with Gasteiger partial charge in [-0.15, -0.1) is 11.6 Å². The number of ether oxygens (including phenoxy) is 1. The van der Waals surface area contributed by atoms with Gasteiger partial charge in [0.25, 0.3) is 0 Å². The normalized spacial score (nSPS) is 12.8. The highest BCUT2D eigenvalue weighted by Crippen LogP contribution is 2.08. The van der Waals surface area contributed by atoms with Crippen molar-refractivity contribution in [2.75, 3.05) is 26.1 Å². The molecule has 1 aromatic carbocycles. The molecule has 0 fully saturated rings. The topological polar surface area (TPSA) is 12.5 Å². The quantitative estimate of drug-likeness (QED) is 0.538. The average molecular weight is 242 g/mol. The lowest BCUT2D eigenvalue weighted by atomic mass is 10.3. The first-order valence-electron chi connectivity index (χ1n) is 5.68. The second-order valence-corrected chi connectivity index (χ2v) is 4.31. The van der Waals surface area contributed by atoms with Gasteiger partial charge in [-0.25, -0.2) is 0 Å². The van der Waals surface area contributed by atoms with Crippen molar-refractivity contribution in [3.8, 4) is 5.75 Å². The Bertz CT molecular complexity index is 279. The van der Waals surface area contributed by atoms with E-state index in [2.05, 4.69) is 18.9 Å². The van der Waals surface area contributed by atoms with E-state index in [0.29, 0.717) is 11.9 Å². The third-order valence-corrected chi connectivity index (χ3v) is 3.09. The maximum Gasteiger partial charge on any atom is 0.119 e. The minimum absolute atomic E-state index is 0.429. The van der Waals surface area contributed by atoms with Crippen molar-refractivity contribution in [1.82, 2.24) is 4.90 Å². The molecule has 0 amide bonds. The molecule has 2 nitrogen and oxygen atoms in total. The van der Waals surface area contributed by atoms with E-state index in [1.54, 1.807) is 0 Å². The maximum atomic E-state index is 5.78. The van der Waals surface area contributed by atoms with E-state index in [1.807, 2.05) is 30.3 Å². The van der Waals surface area contributed by atoms with Crippen LogP contribution in [0.2, 0.25) is 0 Å². The molecule has 1 aromatic rings. The molecule has 1 rings (SSSR count). The summed E-state index contributed by atoms with van der Waals surface area (Å²) in [6.45, 7) is 3.90. The zero-order valence-electron chi connectivity index (χ0n) is 10.0. The molecule has 0 bridgehead atoms. The summed E-state index contributed by atoms with van der Waals surface area (Å²) < 4.78 is 5.61. The second-order valence-electron chi connectivity index (χ2n) is 4.00. The predicted octanol–water partition coefficient (Wildman–Crippen LogP) is 3.01. The van der Waals surface area contributed by atoms with Crippen LogP contribution >= 0.6 is 11.6 Å². The fourth-order valence-electron chi connectivity index (χ4n) is 1.36. The van der Waals surface area contributed by atoms with Gasteiger partial charge in [0.2, 0.25) is 0 Å². The molecule has 0 aliphatic carbocycles. The van der Waals surface area contributed by atoms with E-state index in [-0.39, 0.29) is 0 Å². The van der Waals surface area contributed by atoms with Crippen LogP contribution < -0.4 is 4.74 Å². The fourth-order valence-corrected chi connectivity index (χ4v) is 1.59. The van der Waals surface area contributed by atoms with Crippen molar-refractivity contribution in [1.29, 1.82) is 0 Å². The highest BCUT2D eigenvalue weighted by atomic mass is 35.5. The van der Waals surface area contributed by atoms with E-state index < -0.39 is 0 Å². The van der Waals surface area contributed by atoms with Gasteiger partial charge in [0, 0.05) is 18.5 Å². The Balaban J connectivity index is 2.13. The number of rotatable bonds is 7. The van der Waals surface area contributed by atoms with Crippen molar-refractivity contribution < 1.29 is 4.74 Å². The van der Waals surface area contributed by atoms with Crippen molar-refractivity contribution >= 4 is 11.6 Å². The molecule has 3 heteroatoms. The van der Waals surface area contributed by atoms with Crippen LogP contribution in [0.5, 0.6) is 5.75 Å². The first-order chi connectivity index (χ1) is 7.74. The largest absolute Gasteiger partial charge is 0.494 e. The van der Waals surface area contributed by atoms with Crippen LogP contribution in [0.25, 0.3) is 0 Å². The molecule has 1 atom stereocenters. The molecule has 0 saturated heterocycles. The van der Waals surface area contributed by atoms with E-state index in [9.17, 15) is 0 Å². The summed E-state index contributed by atoms with van der Waals surface area (Å²) in [7, 11) is 2.09. The van der Waals surface area contributed by atoms with Crippen LogP contribution in [0.3, 0.4) is 0 Å². The zero-order chi connectivity index (χ0) is 11.8. The smallest absolute Gasteiger partial charge is 0.119 e. The van der Waals surface area contributed by atoms with E-state index in [1.165, 1.54) is 0 Å². The summed E-state index contributed by atoms with van der Waals surface area (Å²) in [5, 5.41) is 0. The molecule has 0 spiro atoms. The highest BCUT2D eigenvalue weighted by molar-refractivity contribution is 6.18. The predicted molar refractivity (Wildman–Crippen MR) is 69.4 cm³/mol. The summed E-state index contributed by atoms with van der Waals surface area (Å²) in [5.41, 5.74) is 0. The minimum Gasteiger partial charge on any atom is -0.494 e. The molecule has 16 heavy (non-hydrogen) atoms. The molecular formula is C13H20ClNO. The Morgan fingerprint density at radius 3 is 2.62 bits per heavy atom. The Labute approximate surface area is 103 Å². The van der Waals surface area contributed by atoms with Gasteiger partial charge < -0.3 is 9.64 Å². The Hall–Kier alpha value is -0.730. The summed E-state index contributed by atoms with van der Waals surface area (Å²) >= 11 is 5.78. The summed E-state index contributed by atoms with van der Waals surface area (Å²) in [6.07, 6.45) is 1.02. The van der Waals surface area contributed by atoms with E-state index in [4.69, 9.17) is 16.3 Å². The number of alkyl halides is 1. The van der Waals surface area contributed by atoms with E-state index in [0.717, 1.165) is 25.3 Å². The molecule has 1 unspecified atom stereocenters. The van der Waals surface area contributed by atoms with Crippen molar-refractivity contribution in [2.24, 2.45) is 0 Å². The lowest BCUT2D eigenvalue weighted by Gasteiger charge is -2.22. The second kappa shape index (κ2) is 7.53. The molecular weight excluding hydrogens is 222 g/mol. The van der Waals surface area contributed by atoms with Crippen LogP contribution in [0.1, 0.15) is 13.3 Å². The maximum absolute atomic E-state index is 5.78. The third kappa shape index (κ3) is 4.86. The van der Waals surface area contributed by atoms with Crippen molar-refractivity contribution in [3.63, 3.8) is 0 Å². The van der Waals surface area contributed by atoms with Crippen LogP contribution in [-0.4, -0.2) is 37.0 Å².